The Kier molecular flexibility index (Phi) is 6.68. The van der Waals surface area contributed by atoms with E-state index in [0.717, 1.165) is 48.8 Å². The van der Waals surface area contributed by atoms with Crippen LogP contribution in [0.1, 0.15) is 18.1 Å². The number of nitrogens with zero attached hydrogens (tertiary/aromatic N) is 5. The molecule has 2 aromatic carbocycles. The lowest BCUT2D eigenvalue weighted by atomic mass is 10.1. The van der Waals surface area contributed by atoms with Crippen LogP contribution in [-0.2, 0) is 6.54 Å². The van der Waals surface area contributed by atoms with Gasteiger partial charge in [-0.1, -0.05) is 30.3 Å². The molecule has 1 saturated heterocycles. The van der Waals surface area contributed by atoms with Gasteiger partial charge in [-0.15, -0.1) is 10.2 Å². The Labute approximate surface area is 182 Å². The SMILES string of the molecule is C/C=N/Nc1ccc(-c2nnc(NCc3ccccc3)c(N3CCNCC3)n2)cc1C. The van der Waals surface area contributed by atoms with Crippen molar-refractivity contribution < 1.29 is 0 Å². The lowest BCUT2D eigenvalue weighted by Crippen LogP contribution is -2.44. The van der Waals surface area contributed by atoms with Gasteiger partial charge in [-0.3, -0.25) is 5.43 Å². The van der Waals surface area contributed by atoms with Gasteiger partial charge in [0.05, 0.1) is 5.69 Å². The van der Waals surface area contributed by atoms with E-state index in [-0.39, 0.29) is 0 Å². The zero-order valence-electron chi connectivity index (χ0n) is 18.0. The summed E-state index contributed by atoms with van der Waals surface area (Å²) < 4.78 is 0. The van der Waals surface area contributed by atoms with E-state index in [1.807, 2.05) is 44.2 Å². The summed E-state index contributed by atoms with van der Waals surface area (Å²) in [5.74, 6) is 2.17. The molecule has 0 atom stereocenters. The molecule has 1 fully saturated rings. The topological polar surface area (TPSA) is 90.4 Å². The largest absolute Gasteiger partial charge is 0.361 e. The Morgan fingerprint density at radius 1 is 1.10 bits per heavy atom. The van der Waals surface area contributed by atoms with Gasteiger partial charge in [0.15, 0.2) is 17.5 Å². The Morgan fingerprint density at radius 2 is 1.90 bits per heavy atom. The van der Waals surface area contributed by atoms with E-state index in [1.54, 1.807) is 6.21 Å². The van der Waals surface area contributed by atoms with Gasteiger partial charge in [0.1, 0.15) is 0 Å². The first-order chi connectivity index (χ1) is 15.2. The van der Waals surface area contributed by atoms with Crippen molar-refractivity contribution >= 4 is 23.5 Å². The first-order valence-corrected chi connectivity index (χ1v) is 10.6. The molecule has 0 saturated carbocycles. The van der Waals surface area contributed by atoms with Crippen LogP contribution in [0, 0.1) is 6.92 Å². The summed E-state index contributed by atoms with van der Waals surface area (Å²) in [6.45, 7) is 8.21. The zero-order chi connectivity index (χ0) is 21.5. The van der Waals surface area contributed by atoms with Gasteiger partial charge >= 0.3 is 0 Å². The van der Waals surface area contributed by atoms with Crippen molar-refractivity contribution in [1.82, 2.24) is 20.5 Å². The minimum Gasteiger partial charge on any atom is -0.361 e. The van der Waals surface area contributed by atoms with E-state index in [0.29, 0.717) is 18.2 Å². The minimum atomic E-state index is 0.618. The summed E-state index contributed by atoms with van der Waals surface area (Å²) in [6.07, 6.45) is 1.72. The molecule has 1 aliphatic heterocycles. The number of benzene rings is 2. The second-order valence-corrected chi connectivity index (χ2v) is 7.41. The molecular weight excluding hydrogens is 388 g/mol. The van der Waals surface area contributed by atoms with Crippen LogP contribution >= 0.6 is 0 Å². The quantitative estimate of drug-likeness (QED) is 0.402. The molecule has 2 heterocycles. The number of piperazine rings is 1. The predicted octanol–water partition coefficient (Wildman–Crippen LogP) is 3.29. The normalized spacial score (nSPS) is 14.1. The van der Waals surface area contributed by atoms with Gasteiger partial charge in [-0.25, -0.2) is 4.98 Å². The average molecular weight is 417 g/mol. The van der Waals surface area contributed by atoms with Crippen molar-refractivity contribution in [2.24, 2.45) is 5.10 Å². The van der Waals surface area contributed by atoms with Crippen molar-refractivity contribution in [1.29, 1.82) is 0 Å². The minimum absolute atomic E-state index is 0.618. The molecule has 8 heteroatoms. The van der Waals surface area contributed by atoms with Gasteiger partial charge < -0.3 is 15.5 Å². The zero-order valence-corrected chi connectivity index (χ0v) is 18.0. The highest BCUT2D eigenvalue weighted by Gasteiger charge is 2.19. The van der Waals surface area contributed by atoms with Crippen molar-refractivity contribution in [2.45, 2.75) is 20.4 Å². The fourth-order valence-electron chi connectivity index (χ4n) is 3.50. The molecule has 8 nitrogen and oxygen atoms in total. The van der Waals surface area contributed by atoms with E-state index < -0.39 is 0 Å². The maximum atomic E-state index is 4.92. The Hall–Kier alpha value is -3.52. The molecule has 160 valence electrons. The number of aromatic nitrogens is 3. The lowest BCUT2D eigenvalue weighted by molar-refractivity contribution is 0.584. The van der Waals surface area contributed by atoms with Gasteiger partial charge in [-0.05, 0) is 43.2 Å². The van der Waals surface area contributed by atoms with Gasteiger partial charge in [0.25, 0.3) is 0 Å². The first kappa shape index (κ1) is 20.7. The summed E-state index contributed by atoms with van der Waals surface area (Å²) in [7, 11) is 0. The molecule has 0 aliphatic carbocycles. The van der Waals surface area contributed by atoms with Crippen LogP contribution in [-0.4, -0.2) is 47.6 Å². The highest BCUT2D eigenvalue weighted by Crippen LogP contribution is 2.27. The fourth-order valence-corrected chi connectivity index (χ4v) is 3.50. The Bertz CT molecular complexity index is 1030. The summed E-state index contributed by atoms with van der Waals surface area (Å²) in [4.78, 5) is 7.19. The third-order valence-corrected chi connectivity index (χ3v) is 5.19. The van der Waals surface area contributed by atoms with E-state index >= 15 is 0 Å². The van der Waals surface area contributed by atoms with Crippen LogP contribution in [0.4, 0.5) is 17.3 Å². The predicted molar refractivity (Wildman–Crippen MR) is 127 cm³/mol. The third-order valence-electron chi connectivity index (χ3n) is 5.19. The molecule has 3 aromatic rings. The fraction of sp³-hybridized carbons (Fsp3) is 0.304. The van der Waals surface area contributed by atoms with Gasteiger partial charge in [-0.2, -0.15) is 5.10 Å². The number of rotatable bonds is 7. The summed E-state index contributed by atoms with van der Waals surface area (Å²) in [5.41, 5.74) is 7.18. The van der Waals surface area contributed by atoms with E-state index in [9.17, 15) is 0 Å². The highest BCUT2D eigenvalue weighted by molar-refractivity contribution is 5.68. The lowest BCUT2D eigenvalue weighted by Gasteiger charge is -2.29. The Balaban J connectivity index is 1.62. The molecule has 0 bridgehead atoms. The smallest absolute Gasteiger partial charge is 0.192 e. The molecule has 0 spiro atoms. The first-order valence-electron chi connectivity index (χ1n) is 10.6. The van der Waals surface area contributed by atoms with Crippen molar-refractivity contribution in [2.75, 3.05) is 41.8 Å². The number of anilines is 3. The number of nitrogens with one attached hydrogen (secondary N) is 3. The van der Waals surface area contributed by atoms with Crippen LogP contribution in [0.3, 0.4) is 0 Å². The monoisotopic (exact) mass is 416 g/mol. The number of hydrogen-bond donors (Lipinski definition) is 3. The maximum absolute atomic E-state index is 4.92. The van der Waals surface area contributed by atoms with Crippen LogP contribution in [0.2, 0.25) is 0 Å². The molecular formula is C23H28N8. The van der Waals surface area contributed by atoms with Crippen LogP contribution in [0.15, 0.2) is 53.6 Å². The van der Waals surface area contributed by atoms with E-state index in [1.165, 1.54) is 5.56 Å². The standard InChI is InChI=1S/C23H28N8/c1-3-26-28-20-10-9-19(15-17(20)2)21-27-23(31-13-11-24-12-14-31)22(30-29-21)25-16-18-7-5-4-6-8-18/h3-10,15,24,28H,11-14,16H2,1-2H3,(H,25,30)/b26-3+. The molecule has 3 N–H and O–H groups in total. The molecule has 0 radical (unpaired) electrons. The van der Waals surface area contributed by atoms with E-state index in [2.05, 4.69) is 54.5 Å². The van der Waals surface area contributed by atoms with Crippen molar-refractivity contribution in [3.63, 3.8) is 0 Å². The van der Waals surface area contributed by atoms with Crippen LogP contribution in [0.5, 0.6) is 0 Å². The second kappa shape index (κ2) is 9.99. The van der Waals surface area contributed by atoms with Crippen LogP contribution in [0.25, 0.3) is 11.4 Å². The second-order valence-electron chi connectivity index (χ2n) is 7.41. The number of hydrogen-bond acceptors (Lipinski definition) is 8. The van der Waals surface area contributed by atoms with E-state index in [4.69, 9.17) is 4.98 Å². The third kappa shape index (κ3) is 5.16. The summed E-state index contributed by atoms with van der Waals surface area (Å²) in [5, 5.41) is 19.9. The number of aryl methyl sites for hydroxylation is 1. The summed E-state index contributed by atoms with van der Waals surface area (Å²) >= 11 is 0. The molecule has 1 aromatic heterocycles. The van der Waals surface area contributed by atoms with Crippen molar-refractivity contribution in [3.05, 3.63) is 59.7 Å². The molecule has 1 aliphatic rings. The summed E-state index contributed by atoms with van der Waals surface area (Å²) in [6, 6.07) is 16.3. The molecule has 0 amide bonds. The Morgan fingerprint density at radius 3 is 2.65 bits per heavy atom. The molecule has 0 unspecified atom stereocenters. The van der Waals surface area contributed by atoms with Gasteiger partial charge in [0, 0.05) is 44.5 Å². The highest BCUT2D eigenvalue weighted by atomic mass is 15.3. The van der Waals surface area contributed by atoms with Crippen molar-refractivity contribution in [3.8, 4) is 11.4 Å². The average Bonchev–Trinajstić information content (AvgIpc) is 2.83. The maximum Gasteiger partial charge on any atom is 0.192 e. The van der Waals surface area contributed by atoms with Crippen LogP contribution < -0.4 is 21.0 Å². The molecule has 31 heavy (non-hydrogen) atoms. The van der Waals surface area contributed by atoms with Gasteiger partial charge in [0.2, 0.25) is 0 Å². The molecule has 4 rings (SSSR count). The number of hydrazone groups is 1.